The average molecular weight is 273 g/mol. The van der Waals surface area contributed by atoms with E-state index in [1.54, 1.807) is 11.0 Å². The molecule has 1 fully saturated rings. The first-order valence-electron chi connectivity index (χ1n) is 6.49. The van der Waals surface area contributed by atoms with Crippen LogP contribution in [0, 0.1) is 5.41 Å². The quantitative estimate of drug-likeness (QED) is 0.869. The van der Waals surface area contributed by atoms with Gasteiger partial charge in [-0.25, -0.2) is 4.68 Å². The molecule has 20 heavy (non-hydrogen) atoms. The standard InChI is InChI=1S/C14H15N3O3/c18-12(19)8-14(6-7-14)9-20-13-15-10-17(16-13)11-4-2-1-3-5-11/h1-5,10H,6-9H2,(H,18,19). The molecule has 6 nitrogen and oxygen atoms in total. The fourth-order valence-electron chi connectivity index (χ4n) is 2.11. The molecule has 0 bridgehead atoms. The molecule has 0 saturated heterocycles. The fraction of sp³-hybridized carbons (Fsp3) is 0.357. The second-order valence-corrected chi connectivity index (χ2v) is 5.17. The minimum atomic E-state index is -0.783. The molecule has 1 N–H and O–H groups in total. The Balaban J connectivity index is 1.62. The largest absolute Gasteiger partial charge is 0.481 e. The highest BCUT2D eigenvalue weighted by Crippen LogP contribution is 2.48. The molecule has 0 aliphatic heterocycles. The summed E-state index contributed by atoms with van der Waals surface area (Å²) in [7, 11) is 0. The van der Waals surface area contributed by atoms with E-state index in [0.29, 0.717) is 6.61 Å². The molecule has 1 aliphatic carbocycles. The van der Waals surface area contributed by atoms with E-state index in [9.17, 15) is 4.79 Å². The molecular formula is C14H15N3O3. The summed E-state index contributed by atoms with van der Waals surface area (Å²) in [5, 5.41) is 13.1. The zero-order valence-electron chi connectivity index (χ0n) is 10.9. The molecule has 3 rings (SSSR count). The number of carboxylic acids is 1. The van der Waals surface area contributed by atoms with Gasteiger partial charge in [0.05, 0.1) is 18.7 Å². The number of nitrogens with zero attached hydrogens (tertiary/aromatic N) is 3. The van der Waals surface area contributed by atoms with Crippen molar-refractivity contribution in [3.8, 4) is 11.7 Å². The van der Waals surface area contributed by atoms with Crippen LogP contribution in [0.3, 0.4) is 0 Å². The molecule has 0 spiro atoms. The summed E-state index contributed by atoms with van der Waals surface area (Å²) in [5.41, 5.74) is 0.686. The Labute approximate surface area is 116 Å². The molecule has 6 heteroatoms. The molecule has 1 aromatic carbocycles. The highest BCUT2D eigenvalue weighted by Gasteiger charge is 2.45. The predicted octanol–water partition coefficient (Wildman–Crippen LogP) is 1.90. The van der Waals surface area contributed by atoms with Crippen molar-refractivity contribution < 1.29 is 14.6 Å². The Bertz CT molecular complexity index is 605. The fourth-order valence-corrected chi connectivity index (χ4v) is 2.11. The highest BCUT2D eigenvalue weighted by molar-refractivity contribution is 5.68. The summed E-state index contributed by atoms with van der Waals surface area (Å²) >= 11 is 0. The maximum absolute atomic E-state index is 10.8. The van der Waals surface area contributed by atoms with Crippen LogP contribution in [0.2, 0.25) is 0 Å². The van der Waals surface area contributed by atoms with Gasteiger partial charge >= 0.3 is 12.0 Å². The van der Waals surface area contributed by atoms with Crippen LogP contribution in [0.5, 0.6) is 6.01 Å². The SMILES string of the molecule is O=C(O)CC1(COc2ncn(-c3ccccc3)n2)CC1. The van der Waals surface area contributed by atoms with Gasteiger partial charge in [0, 0.05) is 5.41 Å². The molecule has 0 amide bonds. The maximum Gasteiger partial charge on any atom is 0.335 e. The lowest BCUT2D eigenvalue weighted by Gasteiger charge is -2.11. The van der Waals surface area contributed by atoms with Crippen LogP contribution in [0.4, 0.5) is 0 Å². The minimum Gasteiger partial charge on any atom is -0.481 e. The van der Waals surface area contributed by atoms with Gasteiger partial charge in [0.1, 0.15) is 6.33 Å². The Morgan fingerprint density at radius 1 is 1.35 bits per heavy atom. The minimum absolute atomic E-state index is 0.145. The number of hydrogen-bond acceptors (Lipinski definition) is 4. The Kier molecular flexibility index (Phi) is 3.14. The maximum atomic E-state index is 10.8. The van der Waals surface area contributed by atoms with Crippen molar-refractivity contribution in [1.29, 1.82) is 0 Å². The number of aliphatic carboxylic acids is 1. The van der Waals surface area contributed by atoms with Gasteiger partial charge in [-0.1, -0.05) is 18.2 Å². The van der Waals surface area contributed by atoms with Gasteiger partial charge in [-0.15, -0.1) is 5.10 Å². The predicted molar refractivity (Wildman–Crippen MR) is 70.8 cm³/mol. The normalized spacial score (nSPS) is 15.8. The zero-order valence-corrected chi connectivity index (χ0v) is 10.9. The van der Waals surface area contributed by atoms with Crippen molar-refractivity contribution in [3.63, 3.8) is 0 Å². The first-order chi connectivity index (χ1) is 9.67. The molecule has 1 aliphatic rings. The van der Waals surface area contributed by atoms with Gasteiger partial charge in [-0.2, -0.15) is 4.98 Å². The van der Waals surface area contributed by atoms with Crippen LogP contribution in [0.25, 0.3) is 5.69 Å². The third-order valence-electron chi connectivity index (χ3n) is 3.48. The zero-order chi connectivity index (χ0) is 14.0. The van der Waals surface area contributed by atoms with Crippen molar-refractivity contribution >= 4 is 5.97 Å². The molecular weight excluding hydrogens is 258 g/mol. The summed E-state index contributed by atoms with van der Waals surface area (Å²) in [6, 6.07) is 9.90. The Morgan fingerprint density at radius 3 is 2.75 bits per heavy atom. The van der Waals surface area contributed by atoms with E-state index in [2.05, 4.69) is 10.1 Å². The van der Waals surface area contributed by atoms with Gasteiger partial charge in [0.25, 0.3) is 0 Å². The molecule has 2 aromatic rings. The van der Waals surface area contributed by atoms with Crippen LogP contribution >= 0.6 is 0 Å². The Morgan fingerprint density at radius 2 is 2.10 bits per heavy atom. The van der Waals surface area contributed by atoms with Crippen molar-refractivity contribution in [2.45, 2.75) is 19.3 Å². The van der Waals surface area contributed by atoms with Crippen LogP contribution in [0.1, 0.15) is 19.3 Å². The van der Waals surface area contributed by atoms with E-state index < -0.39 is 5.97 Å². The first-order valence-corrected chi connectivity index (χ1v) is 6.49. The van der Waals surface area contributed by atoms with Crippen LogP contribution < -0.4 is 4.74 Å². The number of benzene rings is 1. The second kappa shape index (κ2) is 4.96. The summed E-state index contributed by atoms with van der Waals surface area (Å²) in [6.45, 7) is 0.359. The van der Waals surface area contributed by atoms with Crippen LogP contribution in [-0.4, -0.2) is 32.4 Å². The van der Waals surface area contributed by atoms with Crippen LogP contribution in [-0.2, 0) is 4.79 Å². The summed E-state index contributed by atoms with van der Waals surface area (Å²) in [5.74, 6) is -0.783. The van der Waals surface area contributed by atoms with E-state index in [-0.39, 0.29) is 17.8 Å². The molecule has 1 aromatic heterocycles. The lowest BCUT2D eigenvalue weighted by Crippen LogP contribution is -2.17. The monoisotopic (exact) mass is 273 g/mol. The Hall–Kier alpha value is -2.37. The number of ether oxygens (including phenoxy) is 1. The summed E-state index contributed by atoms with van der Waals surface area (Å²) < 4.78 is 7.16. The van der Waals surface area contributed by atoms with Gasteiger partial charge in [0.15, 0.2) is 0 Å². The number of hydrogen-bond donors (Lipinski definition) is 1. The van der Waals surface area contributed by atoms with E-state index in [1.165, 1.54) is 0 Å². The number of para-hydroxylation sites is 1. The number of rotatable bonds is 6. The molecule has 1 heterocycles. The average Bonchev–Trinajstić information content (AvgIpc) is 3.03. The molecule has 104 valence electrons. The van der Waals surface area contributed by atoms with Crippen molar-refractivity contribution in [3.05, 3.63) is 36.7 Å². The first kappa shape index (κ1) is 12.7. The summed E-state index contributed by atoms with van der Waals surface area (Å²) in [4.78, 5) is 14.8. The second-order valence-electron chi connectivity index (χ2n) is 5.17. The van der Waals surface area contributed by atoms with Gasteiger partial charge < -0.3 is 9.84 Å². The molecule has 0 unspecified atom stereocenters. The van der Waals surface area contributed by atoms with Crippen molar-refractivity contribution in [1.82, 2.24) is 14.8 Å². The van der Waals surface area contributed by atoms with E-state index in [0.717, 1.165) is 18.5 Å². The van der Waals surface area contributed by atoms with Crippen LogP contribution in [0.15, 0.2) is 36.7 Å². The van der Waals surface area contributed by atoms with E-state index >= 15 is 0 Å². The molecule has 0 atom stereocenters. The third-order valence-corrected chi connectivity index (χ3v) is 3.48. The highest BCUT2D eigenvalue weighted by atomic mass is 16.5. The van der Waals surface area contributed by atoms with Gasteiger partial charge in [-0.3, -0.25) is 4.79 Å². The molecule has 1 saturated carbocycles. The summed E-state index contributed by atoms with van der Waals surface area (Å²) in [6.07, 6.45) is 3.51. The van der Waals surface area contributed by atoms with E-state index in [4.69, 9.17) is 9.84 Å². The number of carboxylic acid groups (broad SMARTS) is 1. The number of aromatic nitrogens is 3. The topological polar surface area (TPSA) is 77.2 Å². The lowest BCUT2D eigenvalue weighted by molar-refractivity contribution is -0.138. The number of carbonyl (C=O) groups is 1. The lowest BCUT2D eigenvalue weighted by atomic mass is 10.0. The van der Waals surface area contributed by atoms with Crippen molar-refractivity contribution in [2.75, 3.05) is 6.61 Å². The smallest absolute Gasteiger partial charge is 0.335 e. The van der Waals surface area contributed by atoms with Gasteiger partial charge in [-0.05, 0) is 25.0 Å². The third kappa shape index (κ3) is 2.79. The molecule has 0 radical (unpaired) electrons. The van der Waals surface area contributed by atoms with Crippen molar-refractivity contribution in [2.24, 2.45) is 5.41 Å². The van der Waals surface area contributed by atoms with Gasteiger partial charge in [0.2, 0.25) is 0 Å². The van der Waals surface area contributed by atoms with E-state index in [1.807, 2.05) is 30.3 Å².